The van der Waals surface area contributed by atoms with Gasteiger partial charge in [0.2, 0.25) is 0 Å². The topological polar surface area (TPSA) is 99.4 Å². The number of ether oxygens (including phenoxy) is 2. The van der Waals surface area contributed by atoms with Crippen molar-refractivity contribution >= 4 is 17.6 Å². The van der Waals surface area contributed by atoms with Gasteiger partial charge in [0.05, 0.1) is 13.5 Å². The minimum Gasteiger partial charge on any atom is -0.469 e. The molecule has 3 N–H and O–H groups in total. The van der Waals surface area contributed by atoms with E-state index in [-0.39, 0.29) is 12.4 Å². The molecule has 0 aliphatic heterocycles. The number of aromatic nitrogens is 2. The summed E-state index contributed by atoms with van der Waals surface area (Å²) in [5.74, 6) is 1.16. The Bertz CT molecular complexity index is 398. The highest BCUT2D eigenvalue weighted by molar-refractivity contribution is 5.69. The first-order valence-corrected chi connectivity index (χ1v) is 5.67. The predicted molar refractivity (Wildman–Crippen MR) is 66.9 cm³/mol. The molecule has 0 aliphatic rings. The monoisotopic (exact) mass is 254 g/mol. The van der Waals surface area contributed by atoms with Gasteiger partial charge in [-0.05, 0) is 6.92 Å². The van der Waals surface area contributed by atoms with Crippen molar-refractivity contribution in [2.24, 2.45) is 0 Å². The number of nitrogens with one attached hydrogen (secondary N) is 1. The Kier molecular flexibility index (Phi) is 5.86. The van der Waals surface area contributed by atoms with Crippen LogP contribution in [0.15, 0.2) is 6.07 Å². The number of anilines is 2. The quantitative estimate of drug-likeness (QED) is 0.686. The number of carbonyl (C=O) groups excluding carboxylic acids is 1. The molecule has 0 spiro atoms. The van der Waals surface area contributed by atoms with E-state index in [9.17, 15) is 4.79 Å². The lowest BCUT2D eigenvalue weighted by Gasteiger charge is -2.07. The number of nitrogen functional groups attached to an aromatic ring is 1. The second-order valence-corrected chi connectivity index (χ2v) is 3.48. The molecule has 7 nitrogen and oxygen atoms in total. The summed E-state index contributed by atoms with van der Waals surface area (Å²) in [6, 6.07) is 1.60. The van der Waals surface area contributed by atoms with Gasteiger partial charge in [-0.2, -0.15) is 0 Å². The van der Waals surface area contributed by atoms with Crippen LogP contribution in [0.5, 0.6) is 0 Å². The Morgan fingerprint density at radius 3 is 2.94 bits per heavy atom. The van der Waals surface area contributed by atoms with E-state index in [1.165, 1.54) is 7.11 Å². The van der Waals surface area contributed by atoms with Crippen LogP contribution in [0.3, 0.4) is 0 Å². The molecule has 1 heterocycles. The lowest BCUT2D eigenvalue weighted by Crippen LogP contribution is -2.12. The second-order valence-electron chi connectivity index (χ2n) is 3.48. The number of nitrogens with two attached hydrogens (primary N) is 1. The highest BCUT2D eigenvalue weighted by Gasteiger charge is 2.04. The number of nitrogens with zero attached hydrogens (tertiary/aromatic N) is 2. The maximum atomic E-state index is 10.9. The molecule has 1 rings (SSSR count). The van der Waals surface area contributed by atoms with Crippen LogP contribution >= 0.6 is 0 Å². The zero-order valence-electron chi connectivity index (χ0n) is 10.6. The van der Waals surface area contributed by atoms with Crippen molar-refractivity contribution in [1.82, 2.24) is 9.97 Å². The molecule has 0 aliphatic carbocycles. The molecule has 0 amide bonds. The standard InChI is InChI=1S/C11H18N4O3/c1-3-18-7-10-14-8(12)6-9(15-10)13-5-4-11(16)17-2/h6H,3-5,7H2,1-2H3,(H3,12,13,14,15). The van der Waals surface area contributed by atoms with Crippen LogP contribution in [0.25, 0.3) is 0 Å². The summed E-state index contributed by atoms with van der Waals surface area (Å²) in [7, 11) is 1.35. The highest BCUT2D eigenvalue weighted by Crippen LogP contribution is 2.09. The van der Waals surface area contributed by atoms with Crippen LogP contribution in [0.1, 0.15) is 19.2 Å². The van der Waals surface area contributed by atoms with E-state index in [2.05, 4.69) is 20.0 Å². The van der Waals surface area contributed by atoms with Crippen LogP contribution in [0.4, 0.5) is 11.6 Å². The molecule has 0 saturated carbocycles. The number of carbonyl (C=O) groups is 1. The van der Waals surface area contributed by atoms with Gasteiger partial charge in [0, 0.05) is 19.2 Å². The van der Waals surface area contributed by atoms with Crippen molar-refractivity contribution in [3.05, 3.63) is 11.9 Å². The molecule has 1 aromatic heterocycles. The van der Waals surface area contributed by atoms with Crippen molar-refractivity contribution in [2.45, 2.75) is 20.0 Å². The number of esters is 1. The van der Waals surface area contributed by atoms with Crippen LogP contribution in [-0.4, -0.2) is 36.2 Å². The highest BCUT2D eigenvalue weighted by atomic mass is 16.5. The number of hydrogen-bond donors (Lipinski definition) is 2. The lowest BCUT2D eigenvalue weighted by molar-refractivity contribution is -0.140. The molecule has 0 radical (unpaired) electrons. The second kappa shape index (κ2) is 7.44. The molecule has 0 aromatic carbocycles. The third-order valence-corrected chi connectivity index (χ3v) is 2.09. The van der Waals surface area contributed by atoms with Gasteiger partial charge in [-0.15, -0.1) is 0 Å². The van der Waals surface area contributed by atoms with E-state index in [4.69, 9.17) is 10.5 Å². The van der Waals surface area contributed by atoms with Gasteiger partial charge in [0.15, 0.2) is 5.82 Å². The predicted octanol–water partition coefficient (Wildman–Crippen LogP) is 0.570. The van der Waals surface area contributed by atoms with Crippen LogP contribution in [-0.2, 0) is 20.9 Å². The smallest absolute Gasteiger partial charge is 0.307 e. The minimum atomic E-state index is -0.279. The maximum Gasteiger partial charge on any atom is 0.307 e. The fourth-order valence-corrected chi connectivity index (χ4v) is 1.26. The van der Waals surface area contributed by atoms with Crippen molar-refractivity contribution in [1.29, 1.82) is 0 Å². The molecular weight excluding hydrogens is 236 g/mol. The average Bonchev–Trinajstić information content (AvgIpc) is 2.35. The first-order chi connectivity index (χ1) is 8.65. The van der Waals surface area contributed by atoms with Gasteiger partial charge in [-0.25, -0.2) is 9.97 Å². The van der Waals surface area contributed by atoms with Gasteiger partial charge in [0.25, 0.3) is 0 Å². The summed E-state index contributed by atoms with van der Waals surface area (Å²) >= 11 is 0. The normalized spacial score (nSPS) is 10.1. The SMILES string of the molecule is CCOCc1nc(N)cc(NCCC(=O)OC)n1. The van der Waals surface area contributed by atoms with E-state index in [0.29, 0.717) is 37.2 Å². The van der Waals surface area contributed by atoms with Gasteiger partial charge in [-0.3, -0.25) is 4.79 Å². The Morgan fingerprint density at radius 1 is 1.50 bits per heavy atom. The summed E-state index contributed by atoms with van der Waals surface area (Å²) in [4.78, 5) is 19.2. The van der Waals surface area contributed by atoms with Gasteiger partial charge in [-0.1, -0.05) is 0 Å². The molecule has 0 fully saturated rings. The summed E-state index contributed by atoms with van der Waals surface area (Å²) in [6.45, 7) is 3.22. The largest absolute Gasteiger partial charge is 0.469 e. The fraction of sp³-hybridized carbons (Fsp3) is 0.545. The Hall–Kier alpha value is -1.89. The summed E-state index contributed by atoms with van der Waals surface area (Å²) < 4.78 is 9.74. The third kappa shape index (κ3) is 4.96. The van der Waals surface area contributed by atoms with Crippen LogP contribution in [0.2, 0.25) is 0 Å². The molecule has 18 heavy (non-hydrogen) atoms. The lowest BCUT2D eigenvalue weighted by atomic mass is 10.4. The van der Waals surface area contributed by atoms with Gasteiger partial charge >= 0.3 is 5.97 Å². The van der Waals surface area contributed by atoms with Gasteiger partial charge < -0.3 is 20.5 Å². The van der Waals surface area contributed by atoms with E-state index in [1.54, 1.807) is 6.07 Å². The van der Waals surface area contributed by atoms with Crippen molar-refractivity contribution < 1.29 is 14.3 Å². The third-order valence-electron chi connectivity index (χ3n) is 2.09. The summed E-state index contributed by atoms with van der Waals surface area (Å²) in [6.07, 6.45) is 0.265. The van der Waals surface area contributed by atoms with Crippen molar-refractivity contribution in [3.8, 4) is 0 Å². The molecule has 100 valence electrons. The molecule has 1 aromatic rings. The molecule has 0 saturated heterocycles. The summed E-state index contributed by atoms with van der Waals surface area (Å²) in [5.41, 5.74) is 5.65. The maximum absolute atomic E-state index is 10.9. The van der Waals surface area contributed by atoms with Crippen LogP contribution < -0.4 is 11.1 Å². The zero-order chi connectivity index (χ0) is 13.4. The van der Waals surface area contributed by atoms with E-state index in [1.807, 2.05) is 6.92 Å². The minimum absolute atomic E-state index is 0.265. The molecule has 0 atom stereocenters. The van der Waals surface area contributed by atoms with Crippen molar-refractivity contribution in [3.63, 3.8) is 0 Å². The number of methoxy groups -OCH3 is 1. The first kappa shape index (κ1) is 14.2. The Morgan fingerprint density at radius 2 is 2.28 bits per heavy atom. The first-order valence-electron chi connectivity index (χ1n) is 5.67. The molecule has 0 unspecified atom stereocenters. The van der Waals surface area contributed by atoms with E-state index >= 15 is 0 Å². The van der Waals surface area contributed by atoms with Gasteiger partial charge in [0.1, 0.15) is 18.2 Å². The molecule has 0 bridgehead atoms. The fourth-order valence-electron chi connectivity index (χ4n) is 1.26. The zero-order valence-corrected chi connectivity index (χ0v) is 10.6. The van der Waals surface area contributed by atoms with Crippen LogP contribution in [0, 0.1) is 0 Å². The Balaban J connectivity index is 2.54. The molecule has 7 heteroatoms. The summed E-state index contributed by atoms with van der Waals surface area (Å²) in [5, 5.41) is 2.98. The molecular formula is C11H18N4O3. The van der Waals surface area contributed by atoms with E-state index < -0.39 is 0 Å². The Labute approximate surface area is 106 Å². The van der Waals surface area contributed by atoms with E-state index in [0.717, 1.165) is 0 Å². The van der Waals surface area contributed by atoms with Crippen molar-refractivity contribution in [2.75, 3.05) is 31.3 Å². The number of hydrogen-bond acceptors (Lipinski definition) is 7. The number of rotatable bonds is 7. The average molecular weight is 254 g/mol.